The number of rotatable bonds is 4. The zero-order valence-corrected chi connectivity index (χ0v) is 34.5. The molecule has 0 saturated carbocycles. The van der Waals surface area contributed by atoms with Crippen LogP contribution in [0.4, 0.5) is 17.1 Å². The summed E-state index contributed by atoms with van der Waals surface area (Å²) in [6.07, 6.45) is 0. The van der Waals surface area contributed by atoms with Crippen LogP contribution in [0.3, 0.4) is 0 Å². The summed E-state index contributed by atoms with van der Waals surface area (Å²) in [5.74, 6) is 0. The van der Waals surface area contributed by atoms with E-state index in [1.165, 1.54) is 112 Å². The number of hydrogen-bond donors (Lipinski definition) is 0. The lowest BCUT2D eigenvalue weighted by Gasteiger charge is -2.39. The minimum Gasteiger partial charge on any atom is -0.309 e. The Morgan fingerprint density at radius 1 is 0.206 bits per heavy atom. The van der Waals surface area contributed by atoms with Crippen molar-refractivity contribution in [1.82, 2.24) is 0 Å². The van der Waals surface area contributed by atoms with Gasteiger partial charge in [-0.3, -0.25) is 0 Å². The molecule has 0 heterocycles. The average Bonchev–Trinajstić information content (AvgIpc) is 4.04. The summed E-state index contributed by atoms with van der Waals surface area (Å²) < 4.78 is 0. The highest BCUT2D eigenvalue weighted by Crippen LogP contribution is 2.68. The summed E-state index contributed by atoms with van der Waals surface area (Å²) in [6, 6.07) is 89.1. The van der Waals surface area contributed by atoms with Crippen LogP contribution in [0.2, 0.25) is 0 Å². The van der Waals surface area contributed by atoms with Gasteiger partial charge in [-0.15, -0.1) is 0 Å². The van der Waals surface area contributed by atoms with Crippen molar-refractivity contribution in [2.75, 3.05) is 4.90 Å². The fourth-order valence-corrected chi connectivity index (χ4v) is 12.6. The van der Waals surface area contributed by atoms with Crippen molar-refractivity contribution < 1.29 is 0 Å². The van der Waals surface area contributed by atoms with Crippen LogP contribution in [-0.4, -0.2) is 0 Å². The van der Waals surface area contributed by atoms with Crippen molar-refractivity contribution in [3.8, 4) is 55.6 Å². The number of nitrogens with zero attached hydrogens (tertiary/aromatic N) is 1. The lowest BCUT2D eigenvalue weighted by atomic mass is 9.69. The van der Waals surface area contributed by atoms with E-state index in [1.54, 1.807) is 0 Å². The van der Waals surface area contributed by atoms with Gasteiger partial charge in [0.2, 0.25) is 0 Å². The smallest absolute Gasteiger partial charge is 0.0746 e. The van der Waals surface area contributed by atoms with E-state index in [2.05, 4.69) is 241 Å². The van der Waals surface area contributed by atoms with Crippen LogP contribution in [-0.2, 0) is 10.8 Å². The molecule has 0 fully saturated rings. The number of hydrogen-bond acceptors (Lipinski definition) is 1. The molecular formula is C62H39N. The molecule has 4 aliphatic carbocycles. The Labute approximate surface area is 367 Å². The maximum absolute atomic E-state index is 2.66. The van der Waals surface area contributed by atoms with Gasteiger partial charge in [0.15, 0.2) is 0 Å². The van der Waals surface area contributed by atoms with Gasteiger partial charge in [-0.2, -0.15) is 0 Å². The van der Waals surface area contributed by atoms with E-state index >= 15 is 0 Å². The van der Waals surface area contributed by atoms with Crippen molar-refractivity contribution in [3.63, 3.8) is 0 Å². The van der Waals surface area contributed by atoms with Crippen molar-refractivity contribution in [1.29, 1.82) is 0 Å². The maximum Gasteiger partial charge on any atom is 0.0746 e. The first-order valence-electron chi connectivity index (χ1n) is 22.1. The van der Waals surface area contributed by atoms with E-state index in [-0.39, 0.29) is 0 Å². The number of anilines is 3. The summed E-state index contributed by atoms with van der Waals surface area (Å²) in [5.41, 5.74) is 25.7. The molecule has 0 atom stereocenters. The molecule has 0 saturated heterocycles. The molecule has 0 amide bonds. The summed E-state index contributed by atoms with van der Waals surface area (Å²) in [7, 11) is 0. The second-order valence-corrected chi connectivity index (χ2v) is 17.4. The predicted octanol–water partition coefficient (Wildman–Crippen LogP) is 15.5. The zero-order valence-electron chi connectivity index (χ0n) is 34.5. The van der Waals surface area contributed by atoms with Crippen LogP contribution in [0.1, 0.15) is 44.5 Å². The highest BCUT2D eigenvalue weighted by Gasteiger charge is 2.56. The fraction of sp³-hybridized carbons (Fsp3) is 0.0323. The van der Waals surface area contributed by atoms with Gasteiger partial charge < -0.3 is 4.90 Å². The van der Waals surface area contributed by atoms with Crippen LogP contribution in [0, 0.1) is 0 Å². The zero-order chi connectivity index (χ0) is 41.3. The molecule has 0 aromatic heterocycles. The van der Waals surface area contributed by atoms with Crippen LogP contribution < -0.4 is 4.90 Å². The van der Waals surface area contributed by atoms with Crippen molar-refractivity contribution in [3.05, 3.63) is 281 Å². The van der Waals surface area contributed by atoms with Crippen LogP contribution in [0.5, 0.6) is 0 Å². The molecule has 0 N–H and O–H groups in total. The maximum atomic E-state index is 2.66. The average molecular weight is 798 g/mol. The molecule has 2 spiro atoms. The molecule has 10 aromatic rings. The Bertz CT molecular complexity index is 3220. The van der Waals surface area contributed by atoms with Gasteiger partial charge in [0.1, 0.15) is 0 Å². The van der Waals surface area contributed by atoms with Crippen molar-refractivity contribution in [2.45, 2.75) is 10.8 Å². The largest absolute Gasteiger partial charge is 0.309 e. The van der Waals surface area contributed by atoms with Crippen LogP contribution >= 0.6 is 0 Å². The van der Waals surface area contributed by atoms with E-state index in [4.69, 9.17) is 0 Å². The van der Waals surface area contributed by atoms with Gasteiger partial charge in [0.25, 0.3) is 0 Å². The highest BCUT2D eigenvalue weighted by molar-refractivity contribution is 6.04. The van der Waals surface area contributed by atoms with E-state index in [9.17, 15) is 0 Å². The molecule has 0 unspecified atom stereocenters. The van der Waals surface area contributed by atoms with E-state index < -0.39 is 10.8 Å². The van der Waals surface area contributed by atoms with Gasteiger partial charge >= 0.3 is 0 Å². The Morgan fingerprint density at radius 3 is 0.857 bits per heavy atom. The quantitative estimate of drug-likeness (QED) is 0.171. The van der Waals surface area contributed by atoms with Gasteiger partial charge in [-0.25, -0.2) is 0 Å². The van der Waals surface area contributed by atoms with Gasteiger partial charge in [-0.1, -0.05) is 218 Å². The summed E-state index contributed by atoms with van der Waals surface area (Å²) in [5, 5.41) is 0. The first-order valence-corrected chi connectivity index (χ1v) is 22.1. The summed E-state index contributed by atoms with van der Waals surface area (Å²) >= 11 is 0. The minimum atomic E-state index is -0.555. The lowest BCUT2D eigenvalue weighted by molar-refractivity contribution is 0.785. The highest BCUT2D eigenvalue weighted by atomic mass is 15.2. The third-order valence-electron chi connectivity index (χ3n) is 14.7. The van der Waals surface area contributed by atoms with Crippen molar-refractivity contribution in [2.24, 2.45) is 0 Å². The Kier molecular flexibility index (Phi) is 7.03. The topological polar surface area (TPSA) is 3.24 Å². The standard InChI is InChI=1S/C62H39N/c1-2-20-40(21-3-1)41-22-10-17-37-56(41)63(57-38-18-29-48-46-27-8-15-35-54(46)61(59(48)57)50-31-11-4-23-42(50)43-24-5-12-32-51(43)61)58-39-19-30-49-47-28-9-16-36-55(47)62(60(49)58)52-33-13-6-25-44(52)45-26-7-14-34-53(45)62/h1-39H. The molecule has 0 bridgehead atoms. The second-order valence-electron chi connectivity index (χ2n) is 17.4. The van der Waals surface area contributed by atoms with Crippen LogP contribution in [0.15, 0.2) is 237 Å². The predicted molar refractivity (Wildman–Crippen MR) is 259 cm³/mol. The molecule has 14 rings (SSSR count). The van der Waals surface area contributed by atoms with Crippen molar-refractivity contribution >= 4 is 17.1 Å². The Morgan fingerprint density at radius 2 is 0.476 bits per heavy atom. The molecule has 1 heteroatoms. The SMILES string of the molecule is c1ccc(-c2ccccc2N(c2cccc3c2C2(c4ccccc4-c4ccccc42)c2ccccc2-3)c2cccc3c2C2(c4ccccc4-c4ccccc42)c2ccccc2-3)cc1. The minimum absolute atomic E-state index is 0.555. The molecule has 0 radical (unpaired) electrons. The van der Waals surface area contributed by atoms with Crippen LogP contribution in [0.25, 0.3) is 55.6 Å². The first-order chi connectivity index (χ1) is 31.3. The number of benzene rings is 10. The fourth-order valence-electron chi connectivity index (χ4n) is 12.6. The lowest BCUT2D eigenvalue weighted by Crippen LogP contribution is -2.30. The monoisotopic (exact) mass is 797 g/mol. The Hall–Kier alpha value is -8.00. The molecule has 292 valence electrons. The van der Waals surface area contributed by atoms with Gasteiger partial charge in [-0.05, 0) is 102 Å². The first kappa shape index (κ1) is 34.7. The van der Waals surface area contributed by atoms with Gasteiger partial charge in [0, 0.05) is 16.7 Å². The molecule has 10 aromatic carbocycles. The number of para-hydroxylation sites is 1. The number of fused-ring (bicyclic) bond motifs is 20. The third-order valence-corrected chi connectivity index (χ3v) is 14.7. The third kappa shape index (κ3) is 4.27. The molecule has 1 nitrogen and oxygen atoms in total. The molecular weight excluding hydrogens is 759 g/mol. The second kappa shape index (κ2) is 12.8. The van der Waals surface area contributed by atoms with Gasteiger partial charge in [0.05, 0.1) is 27.9 Å². The van der Waals surface area contributed by atoms with E-state index in [0.717, 1.165) is 5.69 Å². The molecule has 4 aliphatic rings. The summed E-state index contributed by atoms with van der Waals surface area (Å²) in [4.78, 5) is 2.66. The molecule has 0 aliphatic heterocycles. The normalized spacial score (nSPS) is 14.3. The summed E-state index contributed by atoms with van der Waals surface area (Å²) in [6.45, 7) is 0. The molecule has 63 heavy (non-hydrogen) atoms. The van der Waals surface area contributed by atoms with E-state index in [0.29, 0.717) is 0 Å². The van der Waals surface area contributed by atoms with E-state index in [1.807, 2.05) is 0 Å². The Balaban J connectivity index is 1.17.